The molecule has 0 heterocycles. The van der Waals surface area contributed by atoms with E-state index in [4.69, 9.17) is 27.0 Å². The third-order valence-corrected chi connectivity index (χ3v) is 1.40. The molecule has 9 heteroatoms. The SMILES string of the molecule is CC(C)(C)OC(=O)N(CC(N)=[NH2+])CC(N)=[NH2+].[Cl-].[Cl-]. The lowest BCUT2D eigenvalue weighted by Gasteiger charge is -2.25. The topological polar surface area (TPSA) is 133 Å². The molecule has 8 N–H and O–H groups in total. The Balaban J connectivity index is -0.00000112. The molecule has 0 spiro atoms. The van der Waals surface area contributed by atoms with Gasteiger partial charge in [0.1, 0.15) is 18.7 Å². The van der Waals surface area contributed by atoms with Crippen LogP contribution in [0.2, 0.25) is 0 Å². The minimum atomic E-state index is -0.595. The molecule has 0 aromatic rings. The van der Waals surface area contributed by atoms with Crippen LogP contribution >= 0.6 is 0 Å². The van der Waals surface area contributed by atoms with Crippen molar-refractivity contribution in [2.45, 2.75) is 26.4 Å². The van der Waals surface area contributed by atoms with Crippen LogP contribution in [-0.2, 0) is 4.74 Å². The Kier molecular flexibility index (Phi) is 10.8. The first kappa shape index (κ1) is 22.0. The fraction of sp³-hybridized carbons (Fsp3) is 0.667. The molecule has 0 atom stereocenters. The van der Waals surface area contributed by atoms with Crippen LogP contribution in [0.3, 0.4) is 0 Å². The molecule has 0 aliphatic rings. The standard InChI is InChI=1S/C9H19N5O2.2ClH/c1-9(2,3)16-8(15)14(4-6(10)11)5-7(12)13;;/h4-5H2,1-3H3,(H3,10,11)(H3,12,13);2*1H. The smallest absolute Gasteiger partial charge is 0.411 e. The number of hydrogen-bond acceptors (Lipinski definition) is 2. The van der Waals surface area contributed by atoms with E-state index in [2.05, 4.69) is 0 Å². The van der Waals surface area contributed by atoms with Crippen molar-refractivity contribution in [1.82, 2.24) is 4.90 Å². The van der Waals surface area contributed by atoms with Crippen molar-refractivity contribution in [3.05, 3.63) is 0 Å². The van der Waals surface area contributed by atoms with Gasteiger partial charge in [0.2, 0.25) is 0 Å². The first-order valence-electron chi connectivity index (χ1n) is 4.83. The Hall–Kier alpha value is -1.21. The molecule has 0 radical (unpaired) electrons. The Labute approximate surface area is 119 Å². The lowest BCUT2D eigenvalue weighted by molar-refractivity contribution is -0.122. The van der Waals surface area contributed by atoms with Gasteiger partial charge >= 0.3 is 6.09 Å². The van der Waals surface area contributed by atoms with Gasteiger partial charge in [0.05, 0.1) is 0 Å². The van der Waals surface area contributed by atoms with Crippen molar-refractivity contribution < 1.29 is 45.2 Å². The zero-order valence-corrected chi connectivity index (χ0v) is 12.3. The fourth-order valence-electron chi connectivity index (χ4n) is 0.952. The van der Waals surface area contributed by atoms with Gasteiger partial charge in [-0.1, -0.05) is 0 Å². The minimum Gasteiger partial charge on any atom is -1.00 e. The summed E-state index contributed by atoms with van der Waals surface area (Å²) in [5.41, 5.74) is 10.1. The average molecular weight is 302 g/mol. The summed E-state index contributed by atoms with van der Waals surface area (Å²) in [4.78, 5) is 12.9. The highest BCUT2D eigenvalue weighted by atomic mass is 35.5. The van der Waals surface area contributed by atoms with Gasteiger partial charge in [-0.15, -0.1) is 0 Å². The summed E-state index contributed by atoms with van der Waals surface area (Å²) in [6, 6.07) is 0. The molecule has 0 rings (SSSR count). The van der Waals surface area contributed by atoms with Gasteiger partial charge in [-0.2, -0.15) is 0 Å². The van der Waals surface area contributed by atoms with Crippen molar-refractivity contribution in [3.8, 4) is 0 Å². The van der Waals surface area contributed by atoms with Crippen molar-refractivity contribution in [2.75, 3.05) is 13.1 Å². The van der Waals surface area contributed by atoms with Crippen LogP contribution in [0.25, 0.3) is 0 Å². The molecular formula is C9H21Cl2N5O2. The van der Waals surface area contributed by atoms with E-state index >= 15 is 0 Å². The summed E-state index contributed by atoms with van der Waals surface area (Å²) in [6.45, 7) is 5.37. The maximum atomic E-state index is 11.7. The molecule has 0 fully saturated rings. The summed E-state index contributed by atoms with van der Waals surface area (Å²) in [5, 5.41) is 10.6. The first-order chi connectivity index (χ1) is 7.11. The van der Waals surface area contributed by atoms with E-state index < -0.39 is 11.7 Å². The molecule has 0 saturated carbocycles. The fourth-order valence-corrected chi connectivity index (χ4v) is 0.952. The molecule has 0 saturated heterocycles. The number of nitrogens with zero attached hydrogens (tertiary/aromatic N) is 1. The molecule has 0 aromatic heterocycles. The summed E-state index contributed by atoms with van der Waals surface area (Å²) in [5.74, 6) is 0.180. The predicted octanol–water partition coefficient (Wildman–Crippen LogP) is -9.54. The van der Waals surface area contributed by atoms with Gasteiger partial charge in [-0.25, -0.2) is 4.79 Å². The predicted molar refractivity (Wildman–Crippen MR) is 60.0 cm³/mol. The maximum absolute atomic E-state index is 11.7. The number of halogens is 2. The summed E-state index contributed by atoms with van der Waals surface area (Å²) in [7, 11) is 0. The van der Waals surface area contributed by atoms with Gasteiger partial charge < -0.3 is 29.6 Å². The average Bonchev–Trinajstić information content (AvgIpc) is 1.97. The molecule has 18 heavy (non-hydrogen) atoms. The van der Waals surface area contributed by atoms with Gasteiger partial charge in [0.15, 0.2) is 0 Å². The van der Waals surface area contributed by atoms with E-state index in [9.17, 15) is 4.79 Å². The van der Waals surface area contributed by atoms with E-state index in [0.717, 1.165) is 0 Å². The van der Waals surface area contributed by atoms with Gasteiger partial charge in [0, 0.05) is 0 Å². The Morgan fingerprint density at radius 3 is 1.67 bits per heavy atom. The van der Waals surface area contributed by atoms with Gasteiger partial charge in [-0.05, 0) is 20.8 Å². The number of amidine groups is 2. The Morgan fingerprint density at radius 2 is 1.44 bits per heavy atom. The zero-order chi connectivity index (χ0) is 12.9. The van der Waals surface area contributed by atoms with Crippen molar-refractivity contribution >= 4 is 17.8 Å². The van der Waals surface area contributed by atoms with E-state index in [0.29, 0.717) is 0 Å². The molecule has 0 aromatic carbocycles. The number of ether oxygens (including phenoxy) is 1. The zero-order valence-electron chi connectivity index (χ0n) is 10.7. The largest absolute Gasteiger partial charge is 1.00 e. The summed E-state index contributed by atoms with van der Waals surface area (Å²) >= 11 is 0. The van der Waals surface area contributed by atoms with Gasteiger partial charge in [0.25, 0.3) is 11.7 Å². The molecule has 0 aliphatic carbocycles. The highest BCUT2D eigenvalue weighted by Crippen LogP contribution is 2.09. The van der Waals surface area contributed by atoms with E-state index in [1.165, 1.54) is 4.90 Å². The second-order valence-corrected chi connectivity index (χ2v) is 4.49. The van der Waals surface area contributed by atoms with E-state index in [1.807, 2.05) is 0 Å². The molecular weight excluding hydrogens is 281 g/mol. The van der Waals surface area contributed by atoms with Crippen LogP contribution in [0.4, 0.5) is 4.79 Å². The number of amides is 1. The van der Waals surface area contributed by atoms with Crippen LogP contribution in [0.1, 0.15) is 20.8 Å². The summed E-state index contributed by atoms with van der Waals surface area (Å²) < 4.78 is 5.14. The quantitative estimate of drug-likeness (QED) is 0.303. The number of nitrogens with two attached hydrogens (primary N) is 4. The van der Waals surface area contributed by atoms with Crippen LogP contribution in [-0.4, -0.2) is 41.4 Å². The molecule has 0 unspecified atom stereocenters. The first-order valence-corrected chi connectivity index (χ1v) is 4.83. The third kappa shape index (κ3) is 11.3. The molecule has 0 aliphatic heterocycles. The molecule has 1 amide bonds. The Morgan fingerprint density at radius 1 is 1.11 bits per heavy atom. The van der Waals surface area contributed by atoms with Crippen molar-refractivity contribution in [2.24, 2.45) is 11.5 Å². The van der Waals surface area contributed by atoms with Crippen LogP contribution in [0.15, 0.2) is 0 Å². The number of carbonyl (C=O) groups is 1. The monoisotopic (exact) mass is 301 g/mol. The third-order valence-electron chi connectivity index (χ3n) is 1.40. The highest BCUT2D eigenvalue weighted by Gasteiger charge is 2.25. The minimum absolute atomic E-state index is 0. The van der Waals surface area contributed by atoms with Gasteiger partial charge in [-0.3, -0.25) is 27.2 Å². The molecule has 108 valence electrons. The van der Waals surface area contributed by atoms with Crippen molar-refractivity contribution in [3.63, 3.8) is 0 Å². The highest BCUT2D eigenvalue weighted by molar-refractivity contribution is 5.85. The summed E-state index contributed by atoms with van der Waals surface area (Å²) in [6.07, 6.45) is -0.561. The maximum Gasteiger partial charge on any atom is 0.411 e. The Bertz CT molecular complexity index is 288. The van der Waals surface area contributed by atoms with Crippen LogP contribution < -0.4 is 47.1 Å². The normalized spacial score (nSPS) is 9.50. The van der Waals surface area contributed by atoms with Crippen LogP contribution in [0.5, 0.6) is 0 Å². The second kappa shape index (κ2) is 8.82. The number of hydrogen-bond donors (Lipinski definition) is 4. The number of carbonyl (C=O) groups excluding carboxylic acids is 1. The van der Waals surface area contributed by atoms with Crippen LogP contribution in [0, 0.1) is 0 Å². The van der Waals surface area contributed by atoms with E-state index in [-0.39, 0.29) is 49.6 Å². The van der Waals surface area contributed by atoms with E-state index in [1.54, 1.807) is 20.8 Å². The molecule has 7 nitrogen and oxygen atoms in total. The second-order valence-electron chi connectivity index (χ2n) is 4.49. The molecule has 0 bridgehead atoms. The lowest BCUT2D eigenvalue weighted by atomic mass is 10.2. The number of rotatable bonds is 4. The lowest BCUT2D eigenvalue weighted by Crippen LogP contribution is -3.00. The van der Waals surface area contributed by atoms with Crippen molar-refractivity contribution in [1.29, 1.82) is 0 Å².